The van der Waals surface area contributed by atoms with Gasteiger partial charge in [-0.25, -0.2) is 0 Å². The topological polar surface area (TPSA) is 41.1 Å². The maximum absolute atomic E-state index is 12.0. The smallest absolute Gasteiger partial charge is 0.237 e. The minimum absolute atomic E-state index is 0.0324. The highest BCUT2D eigenvalue weighted by Gasteiger charge is 2.21. The van der Waals surface area contributed by atoms with Crippen LogP contribution in [-0.2, 0) is 4.79 Å². The van der Waals surface area contributed by atoms with Crippen molar-refractivity contribution in [3.8, 4) is 0 Å². The molecule has 0 saturated heterocycles. The summed E-state index contributed by atoms with van der Waals surface area (Å²) >= 11 is 5.13. The van der Waals surface area contributed by atoms with Crippen LogP contribution in [0.2, 0.25) is 0 Å². The molecule has 2 unspecified atom stereocenters. The monoisotopic (exact) mass is 332 g/mol. The summed E-state index contributed by atoms with van der Waals surface area (Å²) in [7, 11) is 0. The summed E-state index contributed by atoms with van der Waals surface area (Å²) in [4.78, 5) is 13.2. The lowest BCUT2D eigenvalue weighted by atomic mass is 10.1. The van der Waals surface area contributed by atoms with E-state index in [9.17, 15) is 4.79 Å². The predicted octanol–water partition coefficient (Wildman–Crippen LogP) is 3.46. The first kappa shape index (κ1) is 15.7. The number of hydrogen-bond donors (Lipinski definition) is 2. The second kappa shape index (κ2) is 6.17. The Balaban J connectivity index is 2.54. The molecule has 1 aromatic rings. The quantitative estimate of drug-likeness (QED) is 0.886. The van der Waals surface area contributed by atoms with Crippen LogP contribution >= 0.6 is 27.3 Å². The van der Waals surface area contributed by atoms with Gasteiger partial charge < -0.3 is 5.32 Å². The Morgan fingerprint density at radius 2 is 1.94 bits per heavy atom. The van der Waals surface area contributed by atoms with Gasteiger partial charge in [-0.1, -0.05) is 0 Å². The van der Waals surface area contributed by atoms with E-state index in [4.69, 9.17) is 0 Å². The maximum Gasteiger partial charge on any atom is 0.237 e. The molecule has 0 aliphatic rings. The van der Waals surface area contributed by atoms with Gasteiger partial charge >= 0.3 is 0 Å². The van der Waals surface area contributed by atoms with Gasteiger partial charge in [0.05, 0.1) is 9.83 Å². The van der Waals surface area contributed by atoms with Crippen LogP contribution in [0.5, 0.6) is 0 Å². The molecular weight excluding hydrogens is 312 g/mol. The van der Waals surface area contributed by atoms with Crippen molar-refractivity contribution in [3.63, 3.8) is 0 Å². The molecule has 1 amide bonds. The highest BCUT2D eigenvalue weighted by atomic mass is 79.9. The van der Waals surface area contributed by atoms with Gasteiger partial charge in [-0.2, -0.15) is 0 Å². The summed E-state index contributed by atoms with van der Waals surface area (Å²) in [6.45, 7) is 9.91. The number of halogens is 1. The van der Waals surface area contributed by atoms with Crippen LogP contribution in [0, 0.1) is 0 Å². The third kappa shape index (κ3) is 5.08. The number of thiophene rings is 1. The first-order valence-corrected chi connectivity index (χ1v) is 7.63. The minimum Gasteiger partial charge on any atom is -0.350 e. The normalized spacial score (nSPS) is 15.2. The fourth-order valence-electron chi connectivity index (χ4n) is 1.57. The number of hydrogen-bond acceptors (Lipinski definition) is 3. The zero-order valence-corrected chi connectivity index (χ0v) is 13.9. The first-order chi connectivity index (χ1) is 8.19. The van der Waals surface area contributed by atoms with Crippen LogP contribution < -0.4 is 10.6 Å². The van der Waals surface area contributed by atoms with E-state index in [2.05, 4.69) is 39.6 Å². The van der Waals surface area contributed by atoms with Gasteiger partial charge in [0, 0.05) is 16.5 Å². The van der Waals surface area contributed by atoms with Crippen molar-refractivity contribution in [1.29, 1.82) is 0 Å². The third-order valence-corrected chi connectivity index (χ3v) is 4.22. The standard InChI is InChI=1S/C13H21BrN2OS/c1-8(10-6-7-11(14)18-10)15-9(2)12(17)16-13(3,4)5/h6-9,15H,1-5H3,(H,16,17). The van der Waals surface area contributed by atoms with Gasteiger partial charge in [-0.3, -0.25) is 10.1 Å². The Bertz CT molecular complexity index is 411. The van der Waals surface area contributed by atoms with Crippen LogP contribution in [0.1, 0.15) is 45.5 Å². The van der Waals surface area contributed by atoms with Crippen molar-refractivity contribution < 1.29 is 4.79 Å². The molecule has 5 heteroatoms. The molecule has 0 bridgehead atoms. The highest BCUT2D eigenvalue weighted by Crippen LogP contribution is 2.27. The number of carbonyl (C=O) groups is 1. The molecule has 0 spiro atoms. The molecule has 0 radical (unpaired) electrons. The average molecular weight is 333 g/mol. The van der Waals surface area contributed by atoms with E-state index >= 15 is 0 Å². The Labute approximate surface area is 121 Å². The number of nitrogens with one attached hydrogen (secondary N) is 2. The van der Waals surface area contributed by atoms with Crippen molar-refractivity contribution in [2.24, 2.45) is 0 Å². The lowest BCUT2D eigenvalue weighted by Crippen LogP contribution is -2.49. The Kier molecular flexibility index (Phi) is 5.37. The molecule has 0 fully saturated rings. The van der Waals surface area contributed by atoms with Gasteiger partial charge in [0.2, 0.25) is 5.91 Å². The second-order valence-corrected chi connectivity index (χ2v) is 7.99. The second-order valence-electron chi connectivity index (χ2n) is 5.49. The zero-order valence-electron chi connectivity index (χ0n) is 11.5. The largest absolute Gasteiger partial charge is 0.350 e. The van der Waals surface area contributed by atoms with Gasteiger partial charge in [0.1, 0.15) is 0 Å². The summed E-state index contributed by atoms with van der Waals surface area (Å²) in [5.74, 6) is 0.0324. The van der Waals surface area contributed by atoms with E-state index in [1.54, 1.807) is 11.3 Å². The molecule has 0 saturated carbocycles. The molecule has 2 atom stereocenters. The predicted molar refractivity (Wildman–Crippen MR) is 80.9 cm³/mol. The molecule has 0 aliphatic carbocycles. The van der Waals surface area contributed by atoms with E-state index in [0.717, 1.165) is 3.79 Å². The molecule has 102 valence electrons. The van der Waals surface area contributed by atoms with Crippen molar-refractivity contribution in [2.45, 2.75) is 52.2 Å². The molecule has 0 aliphatic heterocycles. The summed E-state index contributed by atoms with van der Waals surface area (Å²) < 4.78 is 1.11. The van der Waals surface area contributed by atoms with Crippen molar-refractivity contribution in [2.75, 3.05) is 0 Å². The lowest BCUT2D eigenvalue weighted by Gasteiger charge is -2.25. The summed E-state index contributed by atoms with van der Waals surface area (Å²) in [5, 5.41) is 6.28. The third-order valence-electron chi connectivity index (χ3n) is 2.41. The SMILES string of the molecule is CC(NC(C)c1ccc(Br)s1)C(=O)NC(C)(C)C. The van der Waals surface area contributed by atoms with Crippen LogP contribution in [0.15, 0.2) is 15.9 Å². The molecule has 18 heavy (non-hydrogen) atoms. The van der Waals surface area contributed by atoms with Gasteiger partial charge in [0.25, 0.3) is 0 Å². The van der Waals surface area contributed by atoms with E-state index in [-0.39, 0.29) is 23.5 Å². The first-order valence-electron chi connectivity index (χ1n) is 6.02. The van der Waals surface area contributed by atoms with Crippen LogP contribution in [-0.4, -0.2) is 17.5 Å². The van der Waals surface area contributed by atoms with E-state index in [1.807, 2.05) is 33.8 Å². The molecule has 2 N–H and O–H groups in total. The fraction of sp³-hybridized carbons (Fsp3) is 0.615. The van der Waals surface area contributed by atoms with Gasteiger partial charge in [-0.05, 0) is 62.7 Å². The van der Waals surface area contributed by atoms with Crippen molar-refractivity contribution in [1.82, 2.24) is 10.6 Å². The average Bonchev–Trinajstić information content (AvgIpc) is 2.62. The van der Waals surface area contributed by atoms with E-state index in [1.165, 1.54) is 4.88 Å². The molecule has 1 aromatic heterocycles. The summed E-state index contributed by atoms with van der Waals surface area (Å²) in [6, 6.07) is 4.06. The van der Waals surface area contributed by atoms with Crippen LogP contribution in [0.4, 0.5) is 0 Å². The van der Waals surface area contributed by atoms with Crippen LogP contribution in [0.3, 0.4) is 0 Å². The highest BCUT2D eigenvalue weighted by molar-refractivity contribution is 9.11. The summed E-state index contributed by atoms with van der Waals surface area (Å²) in [6.07, 6.45) is 0. The molecule has 0 aromatic carbocycles. The minimum atomic E-state index is -0.208. The van der Waals surface area contributed by atoms with Crippen LogP contribution in [0.25, 0.3) is 0 Å². The van der Waals surface area contributed by atoms with Gasteiger partial charge in [0.15, 0.2) is 0 Å². The number of amides is 1. The molecular formula is C13H21BrN2OS. The Morgan fingerprint density at radius 3 is 2.39 bits per heavy atom. The molecule has 1 rings (SSSR count). The van der Waals surface area contributed by atoms with Gasteiger partial charge in [-0.15, -0.1) is 11.3 Å². The summed E-state index contributed by atoms with van der Waals surface area (Å²) in [5.41, 5.74) is -0.192. The molecule has 1 heterocycles. The Hall–Kier alpha value is -0.390. The van der Waals surface area contributed by atoms with Crippen molar-refractivity contribution in [3.05, 3.63) is 20.8 Å². The maximum atomic E-state index is 12.0. The lowest BCUT2D eigenvalue weighted by molar-refractivity contribution is -0.124. The number of carbonyl (C=O) groups excluding carboxylic acids is 1. The Morgan fingerprint density at radius 1 is 1.33 bits per heavy atom. The number of rotatable bonds is 4. The molecule has 3 nitrogen and oxygen atoms in total. The van der Waals surface area contributed by atoms with Crippen molar-refractivity contribution >= 4 is 33.2 Å². The fourth-order valence-corrected chi connectivity index (χ4v) is 3.01. The van der Waals surface area contributed by atoms with E-state index < -0.39 is 0 Å². The zero-order chi connectivity index (χ0) is 13.9. The van der Waals surface area contributed by atoms with E-state index in [0.29, 0.717) is 0 Å².